The van der Waals surface area contributed by atoms with Crippen LogP contribution in [-0.4, -0.2) is 0 Å². The molecule has 0 heterocycles. The number of anilines is 6. The lowest BCUT2D eigenvalue weighted by Crippen LogP contribution is -2.17. The molecule has 2 nitrogen and oxygen atoms in total. The van der Waals surface area contributed by atoms with E-state index in [1.165, 1.54) is 105 Å². The highest BCUT2D eigenvalue weighted by atomic mass is 15.1. The molecule has 3 aliphatic carbocycles. The van der Waals surface area contributed by atoms with Crippen LogP contribution in [0.5, 0.6) is 0 Å². The van der Waals surface area contributed by atoms with Gasteiger partial charge in [-0.1, -0.05) is 240 Å². The first-order valence-electron chi connectivity index (χ1n) is 29.0. The van der Waals surface area contributed by atoms with E-state index in [0.29, 0.717) is 5.92 Å². The average molecular weight is 1050 g/mol. The van der Waals surface area contributed by atoms with Crippen molar-refractivity contribution in [3.05, 3.63) is 319 Å². The van der Waals surface area contributed by atoms with Crippen LogP contribution < -0.4 is 9.80 Å². The van der Waals surface area contributed by atoms with Crippen LogP contribution in [0.2, 0.25) is 0 Å². The molecule has 392 valence electrons. The van der Waals surface area contributed by atoms with Gasteiger partial charge in [0, 0.05) is 50.9 Å². The maximum absolute atomic E-state index is 2.48. The second-order valence-corrected chi connectivity index (χ2v) is 23.6. The first-order valence-corrected chi connectivity index (χ1v) is 29.0. The first kappa shape index (κ1) is 49.3. The van der Waals surface area contributed by atoms with Crippen LogP contribution in [-0.2, 0) is 10.8 Å². The van der Waals surface area contributed by atoms with Crippen LogP contribution in [0.3, 0.4) is 0 Å². The fraction of sp³-hybridized carbons (Fsp3) is 0.100. The molecule has 0 saturated heterocycles. The van der Waals surface area contributed by atoms with Crippen LogP contribution in [0, 0.1) is 0 Å². The number of allylic oxidation sites excluding steroid dienone is 4. The van der Waals surface area contributed by atoms with Crippen LogP contribution >= 0.6 is 0 Å². The smallest absolute Gasteiger partial charge is 0.0468 e. The van der Waals surface area contributed by atoms with Gasteiger partial charge in [-0.2, -0.15) is 0 Å². The van der Waals surface area contributed by atoms with E-state index in [9.17, 15) is 0 Å². The highest BCUT2D eigenvalue weighted by Crippen LogP contribution is 2.55. The van der Waals surface area contributed by atoms with Crippen molar-refractivity contribution in [2.75, 3.05) is 9.80 Å². The van der Waals surface area contributed by atoms with Gasteiger partial charge < -0.3 is 9.80 Å². The Kier molecular flexibility index (Phi) is 11.7. The standard InChI is InChI=1S/C80H62N2/c1-79(2)73-31-19-17-29-65(73)67-45-37-57(49-75(67)79)53-33-39-61(40-34-53)81(59-25-13-7-14-26-59)63-43-47-69-71(51-63)77(55-21-9-5-10-22-55)70-48-44-64(52-72(70)78(69)56-23-11-6-12-24-56)82(60-27-15-8-16-28-60)62-41-35-54(36-42-62)58-38-46-68-66-30-18-20-32-74(66)80(3,4)76(68)50-58/h5-45,47-52,68H,46H2,1-4H3. The summed E-state index contributed by atoms with van der Waals surface area (Å²) in [4.78, 5) is 4.83. The Balaban J connectivity index is 0.859. The number of fused-ring (bicyclic) bond motifs is 8. The van der Waals surface area contributed by atoms with Crippen LogP contribution in [0.25, 0.3) is 71.6 Å². The molecule has 82 heavy (non-hydrogen) atoms. The number of nitrogens with zero attached hydrogens (tertiary/aromatic N) is 2. The minimum Gasteiger partial charge on any atom is -0.310 e. The van der Waals surface area contributed by atoms with Crippen molar-refractivity contribution >= 4 is 61.2 Å². The number of para-hydroxylation sites is 2. The lowest BCUT2D eigenvalue weighted by molar-refractivity contribution is 0.613. The quantitative estimate of drug-likeness (QED) is 0.126. The van der Waals surface area contributed by atoms with Gasteiger partial charge in [-0.15, -0.1) is 0 Å². The normalized spacial score (nSPS) is 15.2. The highest BCUT2D eigenvalue weighted by molar-refractivity contribution is 6.22. The Hall–Kier alpha value is -9.76. The van der Waals surface area contributed by atoms with Crippen molar-refractivity contribution in [3.63, 3.8) is 0 Å². The Morgan fingerprint density at radius 3 is 1.32 bits per heavy atom. The van der Waals surface area contributed by atoms with Crippen LogP contribution in [0.4, 0.5) is 34.1 Å². The Morgan fingerprint density at radius 1 is 0.317 bits per heavy atom. The second kappa shape index (κ2) is 19.5. The lowest BCUT2D eigenvalue weighted by Gasteiger charge is -2.29. The average Bonchev–Trinajstić information content (AvgIpc) is 4.00. The third-order valence-corrected chi connectivity index (χ3v) is 18.2. The lowest BCUT2D eigenvalue weighted by atomic mass is 9.77. The van der Waals surface area contributed by atoms with Crippen molar-refractivity contribution < 1.29 is 0 Å². The summed E-state index contributed by atoms with van der Waals surface area (Å²) in [5.41, 5.74) is 26.2. The summed E-state index contributed by atoms with van der Waals surface area (Å²) in [5, 5.41) is 4.79. The Morgan fingerprint density at radius 2 is 0.756 bits per heavy atom. The molecule has 12 aromatic rings. The van der Waals surface area contributed by atoms with Crippen molar-refractivity contribution in [2.24, 2.45) is 0 Å². The van der Waals surface area contributed by atoms with Crippen LogP contribution in [0.15, 0.2) is 291 Å². The summed E-state index contributed by atoms with van der Waals surface area (Å²) in [7, 11) is 0. The van der Waals surface area contributed by atoms with Gasteiger partial charge in [-0.3, -0.25) is 0 Å². The summed E-state index contributed by atoms with van der Waals surface area (Å²) >= 11 is 0. The zero-order valence-corrected chi connectivity index (χ0v) is 46.8. The fourth-order valence-electron chi connectivity index (χ4n) is 14.2. The summed E-state index contributed by atoms with van der Waals surface area (Å²) in [5.74, 6) is 0.445. The monoisotopic (exact) mass is 1050 g/mol. The summed E-state index contributed by atoms with van der Waals surface area (Å²) in [6, 6.07) is 101. The third kappa shape index (κ3) is 8.07. The van der Waals surface area contributed by atoms with E-state index in [2.05, 4.69) is 323 Å². The zero-order chi connectivity index (χ0) is 55.1. The molecule has 0 saturated carbocycles. The summed E-state index contributed by atoms with van der Waals surface area (Å²) in [6.07, 6.45) is 5.96. The van der Waals surface area contributed by atoms with Gasteiger partial charge >= 0.3 is 0 Å². The van der Waals surface area contributed by atoms with Crippen molar-refractivity contribution in [3.8, 4) is 44.5 Å². The molecular formula is C80H62N2. The Labute approximate surface area is 482 Å². The van der Waals surface area contributed by atoms with Gasteiger partial charge in [0.05, 0.1) is 0 Å². The van der Waals surface area contributed by atoms with E-state index in [1.54, 1.807) is 0 Å². The predicted molar refractivity (Wildman–Crippen MR) is 348 cm³/mol. The third-order valence-electron chi connectivity index (χ3n) is 18.2. The molecule has 0 amide bonds. The van der Waals surface area contributed by atoms with E-state index in [0.717, 1.165) is 40.5 Å². The molecule has 0 aliphatic heterocycles. The minimum atomic E-state index is -0.0670. The molecule has 0 bridgehead atoms. The largest absolute Gasteiger partial charge is 0.310 e. The van der Waals surface area contributed by atoms with Gasteiger partial charge in [-0.25, -0.2) is 0 Å². The van der Waals surface area contributed by atoms with Crippen molar-refractivity contribution in [1.29, 1.82) is 0 Å². The molecule has 1 atom stereocenters. The van der Waals surface area contributed by atoms with E-state index < -0.39 is 0 Å². The molecule has 0 fully saturated rings. The number of hydrogen-bond donors (Lipinski definition) is 0. The molecule has 0 radical (unpaired) electrons. The fourth-order valence-corrected chi connectivity index (χ4v) is 14.2. The SMILES string of the molecule is CC1(C)C2=CC(c3ccc(N(c4ccccc4)c4ccc5c(-c6ccccc6)c6cc(N(c7ccccc7)c7ccc(-c8ccc9c(c8)C(C)(C)c8ccccc8-9)cc7)ccc6c(-c6ccccc6)c5c4)cc3)=CCC2c2ccccc21. The number of hydrogen-bond acceptors (Lipinski definition) is 2. The highest BCUT2D eigenvalue weighted by Gasteiger charge is 2.42. The van der Waals surface area contributed by atoms with Crippen LogP contribution in [0.1, 0.15) is 67.9 Å². The molecule has 15 rings (SSSR count). The molecular weight excluding hydrogens is 989 g/mol. The second-order valence-electron chi connectivity index (χ2n) is 23.6. The number of benzene rings is 12. The van der Waals surface area contributed by atoms with Gasteiger partial charge in [0.25, 0.3) is 0 Å². The van der Waals surface area contributed by atoms with Crippen molar-refractivity contribution in [2.45, 2.75) is 50.9 Å². The van der Waals surface area contributed by atoms with Gasteiger partial charge in [0.1, 0.15) is 0 Å². The molecule has 0 spiro atoms. The van der Waals surface area contributed by atoms with Gasteiger partial charge in [0.15, 0.2) is 0 Å². The molecule has 0 aromatic heterocycles. The van der Waals surface area contributed by atoms with Gasteiger partial charge in [-0.05, 0) is 185 Å². The molecule has 1 unspecified atom stereocenters. The summed E-state index contributed by atoms with van der Waals surface area (Å²) < 4.78 is 0. The van der Waals surface area contributed by atoms with E-state index in [4.69, 9.17) is 0 Å². The van der Waals surface area contributed by atoms with E-state index >= 15 is 0 Å². The van der Waals surface area contributed by atoms with Crippen molar-refractivity contribution in [1.82, 2.24) is 0 Å². The molecule has 0 N–H and O–H groups in total. The molecule has 3 aliphatic rings. The van der Waals surface area contributed by atoms with E-state index in [-0.39, 0.29) is 10.8 Å². The molecule has 12 aromatic carbocycles. The predicted octanol–water partition coefficient (Wildman–Crippen LogP) is 22.0. The summed E-state index contributed by atoms with van der Waals surface area (Å²) in [6.45, 7) is 9.50. The topological polar surface area (TPSA) is 6.48 Å². The van der Waals surface area contributed by atoms with E-state index in [1.807, 2.05) is 0 Å². The molecule has 2 heteroatoms. The minimum absolute atomic E-state index is 0.0000118. The Bertz CT molecular complexity index is 4490. The first-order chi connectivity index (χ1) is 40.2. The van der Waals surface area contributed by atoms with Gasteiger partial charge in [0.2, 0.25) is 0 Å². The maximum atomic E-state index is 2.48. The number of rotatable bonds is 10. The maximum Gasteiger partial charge on any atom is 0.0468 e. The zero-order valence-electron chi connectivity index (χ0n) is 46.8.